The van der Waals surface area contributed by atoms with Crippen molar-refractivity contribution in [1.29, 1.82) is 0 Å². The SMILES string of the molecule is COc1cc(OC)cc(C(=O)N2CCN(c3ccc(-c4cccc5ccccc45)nn3)CC2)c1. The van der Waals surface area contributed by atoms with Crippen LogP contribution in [0.5, 0.6) is 11.5 Å². The van der Waals surface area contributed by atoms with Crippen molar-refractivity contribution in [3.8, 4) is 22.8 Å². The van der Waals surface area contributed by atoms with E-state index in [0.717, 1.165) is 22.5 Å². The highest BCUT2D eigenvalue weighted by atomic mass is 16.5. The van der Waals surface area contributed by atoms with E-state index in [-0.39, 0.29) is 5.91 Å². The first-order valence-corrected chi connectivity index (χ1v) is 11.3. The summed E-state index contributed by atoms with van der Waals surface area (Å²) < 4.78 is 10.6. The van der Waals surface area contributed by atoms with Crippen LogP contribution in [0.2, 0.25) is 0 Å². The van der Waals surface area contributed by atoms with Gasteiger partial charge < -0.3 is 19.3 Å². The van der Waals surface area contributed by atoms with Crippen molar-refractivity contribution < 1.29 is 14.3 Å². The number of aromatic nitrogens is 2. The molecule has 7 nitrogen and oxygen atoms in total. The van der Waals surface area contributed by atoms with Gasteiger partial charge in [0.25, 0.3) is 5.91 Å². The van der Waals surface area contributed by atoms with E-state index >= 15 is 0 Å². The fourth-order valence-electron chi connectivity index (χ4n) is 4.34. The maximum absolute atomic E-state index is 13.1. The quantitative estimate of drug-likeness (QED) is 0.449. The zero-order valence-corrected chi connectivity index (χ0v) is 19.3. The lowest BCUT2D eigenvalue weighted by molar-refractivity contribution is 0.0745. The zero-order chi connectivity index (χ0) is 23.5. The molecule has 1 aliphatic rings. The van der Waals surface area contributed by atoms with Gasteiger partial charge in [0.05, 0.1) is 19.9 Å². The first-order chi connectivity index (χ1) is 16.7. The monoisotopic (exact) mass is 454 g/mol. The fourth-order valence-corrected chi connectivity index (χ4v) is 4.34. The Kier molecular flexibility index (Phi) is 5.99. The molecule has 0 bridgehead atoms. The molecule has 1 fully saturated rings. The molecule has 0 radical (unpaired) electrons. The summed E-state index contributed by atoms with van der Waals surface area (Å²) in [6.07, 6.45) is 0. The molecule has 2 heterocycles. The van der Waals surface area contributed by atoms with Crippen LogP contribution >= 0.6 is 0 Å². The van der Waals surface area contributed by atoms with Crippen LogP contribution in [-0.4, -0.2) is 61.4 Å². The number of amides is 1. The smallest absolute Gasteiger partial charge is 0.254 e. The average molecular weight is 455 g/mol. The van der Waals surface area contributed by atoms with Gasteiger partial charge in [-0.25, -0.2) is 0 Å². The second-order valence-corrected chi connectivity index (χ2v) is 8.18. The van der Waals surface area contributed by atoms with E-state index < -0.39 is 0 Å². The van der Waals surface area contributed by atoms with Crippen molar-refractivity contribution in [2.45, 2.75) is 0 Å². The molecule has 0 saturated carbocycles. The largest absolute Gasteiger partial charge is 0.497 e. The van der Waals surface area contributed by atoms with Crippen LogP contribution in [0.1, 0.15) is 10.4 Å². The van der Waals surface area contributed by atoms with Gasteiger partial charge in [-0.2, -0.15) is 0 Å². The number of carbonyl (C=O) groups is 1. The lowest BCUT2D eigenvalue weighted by Gasteiger charge is -2.35. The fraction of sp³-hybridized carbons (Fsp3) is 0.222. The summed E-state index contributed by atoms with van der Waals surface area (Å²) in [6.45, 7) is 2.58. The number of benzene rings is 3. The Bertz CT molecular complexity index is 1290. The van der Waals surface area contributed by atoms with Crippen LogP contribution in [-0.2, 0) is 0 Å². The third-order valence-electron chi connectivity index (χ3n) is 6.21. The molecule has 3 aromatic carbocycles. The third kappa shape index (κ3) is 4.24. The van der Waals surface area contributed by atoms with E-state index in [0.29, 0.717) is 43.2 Å². The summed E-state index contributed by atoms with van der Waals surface area (Å²) >= 11 is 0. The van der Waals surface area contributed by atoms with Gasteiger partial charge in [-0.1, -0.05) is 42.5 Å². The minimum absolute atomic E-state index is 0.0331. The first kappa shape index (κ1) is 21.7. The van der Waals surface area contributed by atoms with Gasteiger partial charge in [-0.3, -0.25) is 4.79 Å². The summed E-state index contributed by atoms with van der Waals surface area (Å²) in [6, 6.07) is 23.8. The summed E-state index contributed by atoms with van der Waals surface area (Å²) in [4.78, 5) is 17.1. The minimum Gasteiger partial charge on any atom is -0.497 e. The standard InChI is InChI=1S/C27H26N4O3/c1-33-21-16-20(17-22(18-21)34-2)27(32)31-14-12-30(13-15-31)26-11-10-25(28-29-26)24-9-5-7-19-6-3-4-8-23(19)24/h3-11,16-18H,12-15H2,1-2H3. The van der Waals surface area contributed by atoms with Crippen LogP contribution in [0.25, 0.3) is 22.0 Å². The number of fused-ring (bicyclic) bond motifs is 1. The molecule has 172 valence electrons. The summed E-state index contributed by atoms with van der Waals surface area (Å²) in [5.41, 5.74) is 2.48. The number of rotatable bonds is 5. The molecule has 34 heavy (non-hydrogen) atoms. The Morgan fingerprint density at radius 3 is 2.18 bits per heavy atom. The second-order valence-electron chi connectivity index (χ2n) is 8.18. The summed E-state index contributed by atoms with van der Waals surface area (Å²) in [5, 5.41) is 11.4. The number of hydrogen-bond acceptors (Lipinski definition) is 6. The van der Waals surface area contributed by atoms with Crippen LogP contribution in [0.15, 0.2) is 72.8 Å². The van der Waals surface area contributed by atoms with Crippen molar-refractivity contribution in [2.24, 2.45) is 0 Å². The number of nitrogens with zero attached hydrogens (tertiary/aromatic N) is 4. The van der Waals surface area contributed by atoms with Gasteiger partial charge in [0.2, 0.25) is 0 Å². The molecular weight excluding hydrogens is 428 g/mol. The molecule has 1 aromatic heterocycles. The maximum atomic E-state index is 13.1. The van der Waals surface area contributed by atoms with E-state index in [2.05, 4.69) is 39.4 Å². The molecule has 1 aliphatic heterocycles. The maximum Gasteiger partial charge on any atom is 0.254 e. The van der Waals surface area contributed by atoms with Crippen molar-refractivity contribution in [1.82, 2.24) is 15.1 Å². The molecular formula is C27H26N4O3. The highest BCUT2D eigenvalue weighted by Crippen LogP contribution is 2.28. The number of hydrogen-bond donors (Lipinski definition) is 0. The Balaban J connectivity index is 1.28. The summed E-state index contributed by atoms with van der Waals surface area (Å²) in [5.74, 6) is 1.99. The van der Waals surface area contributed by atoms with Gasteiger partial charge in [0, 0.05) is 43.4 Å². The lowest BCUT2D eigenvalue weighted by atomic mass is 10.0. The number of anilines is 1. The van der Waals surface area contributed by atoms with E-state index in [9.17, 15) is 4.79 Å². The van der Waals surface area contributed by atoms with E-state index in [1.807, 2.05) is 35.2 Å². The van der Waals surface area contributed by atoms with Gasteiger partial charge in [-0.05, 0) is 35.0 Å². The lowest BCUT2D eigenvalue weighted by Crippen LogP contribution is -2.49. The average Bonchev–Trinajstić information content (AvgIpc) is 2.92. The van der Waals surface area contributed by atoms with Crippen molar-refractivity contribution in [3.05, 3.63) is 78.4 Å². The third-order valence-corrected chi connectivity index (χ3v) is 6.21. The van der Waals surface area contributed by atoms with Gasteiger partial charge >= 0.3 is 0 Å². The molecule has 0 N–H and O–H groups in total. The van der Waals surface area contributed by atoms with Gasteiger partial charge in [-0.15, -0.1) is 10.2 Å². The Morgan fingerprint density at radius 2 is 1.50 bits per heavy atom. The highest BCUT2D eigenvalue weighted by molar-refractivity contribution is 5.96. The number of methoxy groups -OCH3 is 2. The summed E-state index contributed by atoms with van der Waals surface area (Å²) in [7, 11) is 3.16. The highest BCUT2D eigenvalue weighted by Gasteiger charge is 2.24. The Labute approximate surface area is 198 Å². The molecule has 7 heteroatoms. The molecule has 1 saturated heterocycles. The van der Waals surface area contributed by atoms with Crippen molar-refractivity contribution in [3.63, 3.8) is 0 Å². The number of piperazine rings is 1. The molecule has 0 unspecified atom stereocenters. The van der Waals surface area contributed by atoms with Crippen LogP contribution < -0.4 is 14.4 Å². The predicted octanol–water partition coefficient (Wildman–Crippen LogP) is 4.28. The van der Waals surface area contributed by atoms with Gasteiger partial charge in [0.1, 0.15) is 11.5 Å². The molecule has 0 spiro atoms. The van der Waals surface area contributed by atoms with E-state index in [1.54, 1.807) is 32.4 Å². The molecule has 4 aromatic rings. The minimum atomic E-state index is -0.0331. The first-order valence-electron chi connectivity index (χ1n) is 11.3. The van der Waals surface area contributed by atoms with Gasteiger partial charge in [0.15, 0.2) is 5.82 Å². The number of carbonyl (C=O) groups excluding carboxylic acids is 1. The predicted molar refractivity (Wildman–Crippen MR) is 133 cm³/mol. The molecule has 0 atom stereocenters. The van der Waals surface area contributed by atoms with Crippen molar-refractivity contribution in [2.75, 3.05) is 45.3 Å². The molecule has 0 aliphatic carbocycles. The Hall–Kier alpha value is -4.13. The van der Waals surface area contributed by atoms with Crippen molar-refractivity contribution >= 4 is 22.5 Å². The van der Waals surface area contributed by atoms with Crippen LogP contribution in [0, 0.1) is 0 Å². The Morgan fingerprint density at radius 1 is 0.794 bits per heavy atom. The number of ether oxygens (including phenoxy) is 2. The molecule has 1 amide bonds. The zero-order valence-electron chi connectivity index (χ0n) is 19.3. The van der Waals surface area contributed by atoms with Crippen LogP contribution in [0.3, 0.4) is 0 Å². The second kappa shape index (κ2) is 9.39. The van der Waals surface area contributed by atoms with E-state index in [1.165, 1.54) is 5.39 Å². The topological polar surface area (TPSA) is 67.8 Å². The van der Waals surface area contributed by atoms with Crippen LogP contribution in [0.4, 0.5) is 5.82 Å². The molecule has 5 rings (SSSR count). The normalized spacial score (nSPS) is 13.7. The van der Waals surface area contributed by atoms with E-state index in [4.69, 9.17) is 9.47 Å².